The molecule has 1 fully saturated rings. The molecule has 4 rings (SSSR count). The van der Waals surface area contributed by atoms with E-state index in [0.717, 1.165) is 17.1 Å². The Kier molecular flexibility index (Phi) is 4.64. The summed E-state index contributed by atoms with van der Waals surface area (Å²) in [6.45, 7) is 0.491. The van der Waals surface area contributed by atoms with Crippen LogP contribution in [0.1, 0.15) is 23.5 Å². The number of hydrogen-bond acceptors (Lipinski definition) is 4. The van der Waals surface area contributed by atoms with Gasteiger partial charge in [-0.3, -0.25) is 9.97 Å². The van der Waals surface area contributed by atoms with E-state index in [0.29, 0.717) is 11.7 Å². The topological polar surface area (TPSA) is 66.2 Å². The summed E-state index contributed by atoms with van der Waals surface area (Å²) in [5, 5.41) is 13.6. The van der Waals surface area contributed by atoms with Crippen molar-refractivity contribution in [1.82, 2.24) is 24.8 Å². The molecule has 26 heavy (non-hydrogen) atoms. The predicted molar refractivity (Wildman–Crippen MR) is 103 cm³/mol. The number of pyridine rings is 2. The molecule has 0 unspecified atom stereocenters. The molecule has 1 aliphatic heterocycles. The highest BCUT2D eigenvalue weighted by Gasteiger charge is 2.40. The van der Waals surface area contributed by atoms with Crippen LogP contribution in [-0.2, 0) is 0 Å². The number of nitrogens with one attached hydrogen (secondary N) is 1. The molecule has 0 amide bonds. The van der Waals surface area contributed by atoms with Gasteiger partial charge in [0.15, 0.2) is 5.11 Å². The summed E-state index contributed by atoms with van der Waals surface area (Å²) in [7, 11) is 0. The first-order valence-corrected chi connectivity index (χ1v) is 8.87. The number of aliphatic hydroxyl groups is 1. The van der Waals surface area contributed by atoms with Crippen LogP contribution in [0.4, 0.5) is 0 Å². The van der Waals surface area contributed by atoms with Gasteiger partial charge >= 0.3 is 0 Å². The van der Waals surface area contributed by atoms with E-state index in [1.54, 1.807) is 18.6 Å². The zero-order chi connectivity index (χ0) is 17.9. The minimum Gasteiger partial charge on any atom is -0.395 e. The lowest BCUT2D eigenvalue weighted by Gasteiger charge is -2.28. The second-order valence-corrected chi connectivity index (χ2v) is 6.44. The Morgan fingerprint density at radius 3 is 2.65 bits per heavy atom. The van der Waals surface area contributed by atoms with Crippen molar-refractivity contribution >= 4 is 17.3 Å². The molecule has 7 heteroatoms. The Hall–Kier alpha value is -2.77. The number of β-amino-alcohol motifs (C(OH)–C–C–N with tert-alkyl or cyclic N) is 1. The van der Waals surface area contributed by atoms with Crippen LogP contribution in [0.3, 0.4) is 0 Å². The normalized spacial score (nSPS) is 19.6. The predicted octanol–water partition coefficient (Wildman–Crippen LogP) is 2.23. The van der Waals surface area contributed by atoms with E-state index in [1.165, 1.54) is 0 Å². The van der Waals surface area contributed by atoms with Crippen LogP contribution in [0.5, 0.6) is 0 Å². The maximum Gasteiger partial charge on any atom is 0.170 e. The molecule has 6 nitrogen and oxygen atoms in total. The largest absolute Gasteiger partial charge is 0.395 e. The number of hydrogen-bond donors (Lipinski definition) is 2. The Morgan fingerprint density at radius 1 is 1.08 bits per heavy atom. The number of aromatic nitrogens is 3. The summed E-state index contributed by atoms with van der Waals surface area (Å²) in [5.74, 6) is 0. The van der Waals surface area contributed by atoms with Gasteiger partial charge in [0, 0.05) is 42.7 Å². The lowest BCUT2D eigenvalue weighted by atomic mass is 10.0. The quantitative estimate of drug-likeness (QED) is 0.676. The van der Waals surface area contributed by atoms with Gasteiger partial charge in [-0.25, -0.2) is 0 Å². The van der Waals surface area contributed by atoms with Crippen molar-refractivity contribution < 1.29 is 5.11 Å². The molecule has 3 aromatic heterocycles. The number of aliphatic hydroxyl groups excluding tert-OH is 1. The summed E-state index contributed by atoms with van der Waals surface area (Å²) in [6.07, 6.45) is 7.36. The van der Waals surface area contributed by atoms with E-state index in [4.69, 9.17) is 12.2 Å². The van der Waals surface area contributed by atoms with Crippen LogP contribution < -0.4 is 5.32 Å². The minimum absolute atomic E-state index is 0.0310. The first kappa shape index (κ1) is 16.7. The number of rotatable bonds is 5. The van der Waals surface area contributed by atoms with Crippen LogP contribution in [0.25, 0.3) is 5.69 Å². The van der Waals surface area contributed by atoms with Crippen molar-refractivity contribution in [3.05, 3.63) is 78.6 Å². The molecule has 0 bridgehead atoms. The van der Waals surface area contributed by atoms with Gasteiger partial charge in [0.05, 0.1) is 24.4 Å². The molecule has 1 saturated heterocycles. The molecule has 2 N–H and O–H groups in total. The van der Waals surface area contributed by atoms with Crippen molar-refractivity contribution in [3.8, 4) is 5.69 Å². The van der Waals surface area contributed by atoms with Crippen LogP contribution in [-0.4, -0.2) is 42.8 Å². The van der Waals surface area contributed by atoms with Gasteiger partial charge in [-0.1, -0.05) is 6.07 Å². The summed E-state index contributed by atoms with van der Waals surface area (Å²) in [4.78, 5) is 10.7. The SMILES string of the molecule is OCCN1C(=S)N[C@@H](c2ccccn2)[C@H]1c1cccn1-c1ccncc1. The van der Waals surface area contributed by atoms with Crippen molar-refractivity contribution in [2.24, 2.45) is 0 Å². The standard InChI is InChI=1S/C19H19N5OS/c25-13-12-24-18(17(22-19(24)26)15-4-1-2-8-21-15)16-5-3-11-23(16)14-6-9-20-10-7-14/h1-11,17-18,25H,12-13H2,(H,22,26)/t17-,18+/m0/s1. The van der Waals surface area contributed by atoms with Gasteiger partial charge in [0.1, 0.15) is 0 Å². The van der Waals surface area contributed by atoms with Crippen molar-refractivity contribution in [3.63, 3.8) is 0 Å². The molecule has 2 atom stereocenters. The van der Waals surface area contributed by atoms with Crippen LogP contribution in [0.15, 0.2) is 67.3 Å². The Labute approximate surface area is 157 Å². The molecule has 0 spiro atoms. The van der Waals surface area contributed by atoms with Gasteiger partial charge < -0.3 is 19.9 Å². The molecular weight excluding hydrogens is 346 g/mol. The molecule has 0 radical (unpaired) electrons. The highest BCUT2D eigenvalue weighted by Crippen LogP contribution is 2.39. The van der Waals surface area contributed by atoms with Gasteiger partial charge in [-0.15, -0.1) is 0 Å². The van der Waals surface area contributed by atoms with E-state index in [1.807, 2.05) is 47.5 Å². The fourth-order valence-corrected chi connectivity index (χ4v) is 3.78. The third-order valence-corrected chi connectivity index (χ3v) is 4.92. The second-order valence-electron chi connectivity index (χ2n) is 6.05. The zero-order valence-electron chi connectivity index (χ0n) is 14.1. The van der Waals surface area contributed by atoms with E-state index in [2.05, 4.69) is 25.9 Å². The highest BCUT2D eigenvalue weighted by atomic mass is 32.1. The van der Waals surface area contributed by atoms with Crippen LogP contribution in [0.2, 0.25) is 0 Å². The maximum atomic E-state index is 9.54. The zero-order valence-corrected chi connectivity index (χ0v) is 14.9. The summed E-state index contributed by atoms with van der Waals surface area (Å²) in [6, 6.07) is 13.7. The van der Waals surface area contributed by atoms with Crippen LogP contribution >= 0.6 is 12.2 Å². The average Bonchev–Trinajstić information content (AvgIpc) is 3.28. The third kappa shape index (κ3) is 2.95. The summed E-state index contributed by atoms with van der Waals surface area (Å²) < 4.78 is 2.13. The Balaban J connectivity index is 1.81. The van der Waals surface area contributed by atoms with E-state index in [-0.39, 0.29) is 18.7 Å². The lowest BCUT2D eigenvalue weighted by molar-refractivity contribution is 0.220. The molecular formula is C19H19N5OS. The number of nitrogens with zero attached hydrogens (tertiary/aromatic N) is 4. The fraction of sp³-hybridized carbons (Fsp3) is 0.211. The molecule has 4 heterocycles. The molecule has 1 aliphatic rings. The molecule has 132 valence electrons. The minimum atomic E-state index is -0.0919. The van der Waals surface area contributed by atoms with E-state index in [9.17, 15) is 5.11 Å². The summed E-state index contributed by atoms with van der Waals surface area (Å²) in [5.41, 5.74) is 3.02. The Bertz CT molecular complexity index is 883. The third-order valence-electron chi connectivity index (χ3n) is 4.56. The molecule has 0 aromatic carbocycles. The van der Waals surface area contributed by atoms with Crippen LogP contribution in [0, 0.1) is 0 Å². The lowest BCUT2D eigenvalue weighted by Crippen LogP contribution is -2.32. The van der Waals surface area contributed by atoms with Crippen molar-refractivity contribution in [2.75, 3.05) is 13.2 Å². The first-order chi connectivity index (χ1) is 12.8. The smallest absolute Gasteiger partial charge is 0.170 e. The molecule has 3 aromatic rings. The fourth-order valence-electron chi connectivity index (χ4n) is 3.45. The molecule has 0 aliphatic carbocycles. The maximum absolute atomic E-state index is 9.54. The second kappa shape index (κ2) is 7.23. The summed E-state index contributed by atoms with van der Waals surface area (Å²) >= 11 is 5.55. The van der Waals surface area contributed by atoms with Gasteiger partial charge in [0.25, 0.3) is 0 Å². The van der Waals surface area contributed by atoms with E-state index >= 15 is 0 Å². The van der Waals surface area contributed by atoms with Gasteiger partial charge in [-0.2, -0.15) is 0 Å². The number of thiocarbonyl (C=S) groups is 1. The monoisotopic (exact) mass is 365 g/mol. The van der Waals surface area contributed by atoms with E-state index < -0.39 is 0 Å². The average molecular weight is 365 g/mol. The van der Waals surface area contributed by atoms with Gasteiger partial charge in [-0.05, 0) is 48.6 Å². The van der Waals surface area contributed by atoms with Crippen molar-refractivity contribution in [2.45, 2.75) is 12.1 Å². The van der Waals surface area contributed by atoms with Gasteiger partial charge in [0.2, 0.25) is 0 Å². The Morgan fingerprint density at radius 2 is 1.92 bits per heavy atom. The first-order valence-electron chi connectivity index (χ1n) is 8.46. The molecule has 0 saturated carbocycles. The highest BCUT2D eigenvalue weighted by molar-refractivity contribution is 7.80. The van der Waals surface area contributed by atoms with Crippen molar-refractivity contribution in [1.29, 1.82) is 0 Å².